The van der Waals surface area contributed by atoms with Gasteiger partial charge in [-0.25, -0.2) is 0 Å². The van der Waals surface area contributed by atoms with Crippen molar-refractivity contribution in [1.29, 1.82) is 5.26 Å². The van der Waals surface area contributed by atoms with Gasteiger partial charge in [0.05, 0.1) is 12.2 Å². The van der Waals surface area contributed by atoms with E-state index in [0.717, 1.165) is 17.7 Å². The first-order valence-electron chi connectivity index (χ1n) is 6.15. The van der Waals surface area contributed by atoms with Crippen molar-refractivity contribution in [2.75, 3.05) is 7.11 Å². The number of fused-ring (bicyclic) bond motifs is 2. The third kappa shape index (κ3) is 1.46. The Bertz CT molecular complexity index is 532. The summed E-state index contributed by atoms with van der Waals surface area (Å²) in [6.07, 6.45) is 5.16. The molecule has 1 aromatic carbocycles. The molecule has 3 rings (SSSR count). The summed E-state index contributed by atoms with van der Waals surface area (Å²) >= 11 is 0. The fourth-order valence-electron chi connectivity index (χ4n) is 2.96. The van der Waals surface area contributed by atoms with Crippen molar-refractivity contribution in [2.24, 2.45) is 5.41 Å². The molecular formula is C15H15NO2. The molecule has 0 fully saturated rings. The topological polar surface area (TPSA) is 42.2 Å². The maximum absolute atomic E-state index is 9.66. The summed E-state index contributed by atoms with van der Waals surface area (Å²) in [5.74, 6) is 0.901. The van der Waals surface area contributed by atoms with Crippen molar-refractivity contribution in [1.82, 2.24) is 0 Å². The molecule has 0 saturated carbocycles. The number of para-hydroxylation sites is 1. The van der Waals surface area contributed by atoms with E-state index in [2.05, 4.69) is 6.07 Å². The van der Waals surface area contributed by atoms with Gasteiger partial charge >= 0.3 is 0 Å². The van der Waals surface area contributed by atoms with Crippen LogP contribution in [0.5, 0.6) is 5.75 Å². The van der Waals surface area contributed by atoms with Crippen LogP contribution in [0.15, 0.2) is 36.4 Å². The summed E-state index contributed by atoms with van der Waals surface area (Å²) in [6, 6.07) is 10.4. The lowest BCUT2D eigenvalue weighted by Gasteiger charge is -2.44. The number of hydrogen-bond acceptors (Lipinski definition) is 3. The van der Waals surface area contributed by atoms with Crippen LogP contribution >= 0.6 is 0 Å². The first kappa shape index (κ1) is 11.3. The number of benzene rings is 1. The molecular weight excluding hydrogens is 226 g/mol. The Labute approximate surface area is 107 Å². The predicted octanol–water partition coefficient (Wildman–Crippen LogP) is 2.47. The first-order valence-corrected chi connectivity index (χ1v) is 6.15. The van der Waals surface area contributed by atoms with Crippen molar-refractivity contribution < 1.29 is 9.47 Å². The second-order valence-corrected chi connectivity index (χ2v) is 4.86. The molecule has 0 spiro atoms. The minimum atomic E-state index is -0.599. The average molecular weight is 241 g/mol. The van der Waals surface area contributed by atoms with E-state index in [1.165, 1.54) is 0 Å². The Morgan fingerprint density at radius 2 is 2.28 bits per heavy atom. The van der Waals surface area contributed by atoms with Gasteiger partial charge in [0.25, 0.3) is 0 Å². The zero-order valence-electron chi connectivity index (χ0n) is 10.3. The molecule has 18 heavy (non-hydrogen) atoms. The highest BCUT2D eigenvalue weighted by Crippen LogP contribution is 2.45. The third-order valence-corrected chi connectivity index (χ3v) is 3.93. The Morgan fingerprint density at radius 3 is 3.06 bits per heavy atom. The summed E-state index contributed by atoms with van der Waals surface area (Å²) < 4.78 is 11.5. The molecule has 3 heteroatoms. The average Bonchev–Trinajstić information content (AvgIpc) is 2.44. The third-order valence-electron chi connectivity index (χ3n) is 3.93. The van der Waals surface area contributed by atoms with E-state index in [1.54, 1.807) is 7.11 Å². The number of methoxy groups -OCH3 is 1. The molecule has 0 bridgehead atoms. The van der Waals surface area contributed by atoms with E-state index < -0.39 is 5.41 Å². The normalized spacial score (nSPS) is 32.9. The molecule has 3 atom stereocenters. The molecule has 3 nitrogen and oxygen atoms in total. The van der Waals surface area contributed by atoms with Gasteiger partial charge in [0.1, 0.15) is 17.3 Å². The lowest BCUT2D eigenvalue weighted by Crippen LogP contribution is -2.52. The van der Waals surface area contributed by atoms with E-state index in [-0.39, 0.29) is 12.2 Å². The summed E-state index contributed by atoms with van der Waals surface area (Å²) in [6.45, 7) is 0. The number of ether oxygens (including phenoxy) is 2. The van der Waals surface area contributed by atoms with Crippen molar-refractivity contribution in [3.8, 4) is 11.8 Å². The maximum atomic E-state index is 9.66. The van der Waals surface area contributed by atoms with Crippen LogP contribution in [0.1, 0.15) is 12.0 Å². The highest BCUT2D eigenvalue weighted by atomic mass is 16.5. The molecule has 0 amide bonds. The molecule has 0 N–H and O–H groups in total. The van der Waals surface area contributed by atoms with Crippen molar-refractivity contribution in [3.63, 3.8) is 0 Å². The Balaban J connectivity index is 2.08. The van der Waals surface area contributed by atoms with Gasteiger partial charge in [-0.05, 0) is 11.6 Å². The number of rotatable bonds is 1. The monoisotopic (exact) mass is 241 g/mol. The molecule has 92 valence electrons. The summed E-state index contributed by atoms with van der Waals surface area (Å²) in [4.78, 5) is 0. The smallest absolute Gasteiger partial charge is 0.128 e. The van der Waals surface area contributed by atoms with E-state index in [0.29, 0.717) is 6.42 Å². The van der Waals surface area contributed by atoms with Gasteiger partial charge in [0, 0.05) is 20.0 Å². The Hall–Kier alpha value is -1.79. The van der Waals surface area contributed by atoms with Gasteiger partial charge in [-0.2, -0.15) is 5.26 Å². The minimum Gasteiger partial charge on any atom is -0.488 e. The second-order valence-electron chi connectivity index (χ2n) is 4.86. The maximum Gasteiger partial charge on any atom is 0.128 e. The van der Waals surface area contributed by atoms with Crippen molar-refractivity contribution in [3.05, 3.63) is 42.0 Å². The van der Waals surface area contributed by atoms with Crippen LogP contribution in [-0.2, 0) is 11.2 Å². The molecule has 1 heterocycles. The zero-order valence-corrected chi connectivity index (χ0v) is 10.3. The summed E-state index contributed by atoms with van der Waals surface area (Å²) in [5, 5.41) is 9.66. The highest BCUT2D eigenvalue weighted by molar-refractivity contribution is 5.40. The van der Waals surface area contributed by atoms with Crippen LogP contribution in [-0.4, -0.2) is 19.3 Å². The molecule has 0 unspecified atom stereocenters. The van der Waals surface area contributed by atoms with Gasteiger partial charge < -0.3 is 9.47 Å². The van der Waals surface area contributed by atoms with Crippen molar-refractivity contribution in [2.45, 2.75) is 25.0 Å². The van der Waals surface area contributed by atoms with Gasteiger partial charge in [-0.15, -0.1) is 0 Å². The van der Waals surface area contributed by atoms with Crippen LogP contribution in [0.3, 0.4) is 0 Å². The Morgan fingerprint density at radius 1 is 1.44 bits per heavy atom. The van der Waals surface area contributed by atoms with Crippen molar-refractivity contribution >= 4 is 0 Å². The van der Waals surface area contributed by atoms with Gasteiger partial charge in [0.2, 0.25) is 0 Å². The van der Waals surface area contributed by atoms with Crippen LogP contribution in [0.2, 0.25) is 0 Å². The number of nitriles is 1. The standard InChI is InChI=1S/C15H15NO2/c1-17-13-7-4-8-14-15(13,10-16)9-11-5-2-3-6-12(11)18-14/h2-7,13-14H,8-9H2,1H3/t13-,14+,15+/m1/s1. The number of nitrogens with zero attached hydrogens (tertiary/aromatic N) is 1. The Kier molecular flexibility index (Phi) is 2.61. The van der Waals surface area contributed by atoms with Crippen LogP contribution in [0.25, 0.3) is 0 Å². The molecule has 2 aliphatic rings. The van der Waals surface area contributed by atoms with Crippen LogP contribution in [0.4, 0.5) is 0 Å². The number of hydrogen-bond donors (Lipinski definition) is 0. The summed E-state index contributed by atoms with van der Waals surface area (Å²) in [7, 11) is 1.65. The van der Waals surface area contributed by atoms with Gasteiger partial charge in [-0.3, -0.25) is 0 Å². The lowest BCUT2D eigenvalue weighted by atomic mass is 9.68. The fourth-order valence-corrected chi connectivity index (χ4v) is 2.96. The fraction of sp³-hybridized carbons (Fsp3) is 0.400. The van der Waals surface area contributed by atoms with Gasteiger partial charge in [-0.1, -0.05) is 30.4 Å². The van der Waals surface area contributed by atoms with Gasteiger partial charge in [0.15, 0.2) is 0 Å². The highest BCUT2D eigenvalue weighted by Gasteiger charge is 2.51. The summed E-state index contributed by atoms with van der Waals surface area (Å²) in [5.41, 5.74) is 0.491. The largest absolute Gasteiger partial charge is 0.488 e. The van der Waals surface area contributed by atoms with Crippen LogP contribution in [0, 0.1) is 16.7 Å². The SMILES string of the molecule is CO[C@@H]1C=CC[C@@H]2Oc3ccccc3C[C@@]21C#N. The molecule has 1 aliphatic heterocycles. The van der Waals surface area contributed by atoms with E-state index >= 15 is 0 Å². The molecule has 1 aliphatic carbocycles. The van der Waals surface area contributed by atoms with E-state index in [4.69, 9.17) is 9.47 Å². The van der Waals surface area contributed by atoms with Crippen LogP contribution < -0.4 is 4.74 Å². The molecule has 0 saturated heterocycles. The van der Waals surface area contributed by atoms with E-state index in [1.807, 2.05) is 36.4 Å². The zero-order chi connectivity index (χ0) is 12.6. The molecule has 1 aromatic rings. The lowest BCUT2D eigenvalue weighted by molar-refractivity contribution is -0.0371. The quantitative estimate of drug-likeness (QED) is 0.709. The first-order chi connectivity index (χ1) is 8.80. The second kappa shape index (κ2) is 4.15. The molecule has 0 radical (unpaired) electrons. The molecule has 0 aromatic heterocycles. The predicted molar refractivity (Wildman–Crippen MR) is 67.2 cm³/mol. The minimum absolute atomic E-state index is 0.118. The van der Waals surface area contributed by atoms with E-state index in [9.17, 15) is 5.26 Å².